The number of nitrogens with zero attached hydrogens (tertiary/aromatic N) is 3. The lowest BCUT2D eigenvalue weighted by atomic mass is 9.92. The molecule has 0 saturated heterocycles. The van der Waals surface area contributed by atoms with Gasteiger partial charge >= 0.3 is 5.69 Å². The maximum absolute atomic E-state index is 13.3. The van der Waals surface area contributed by atoms with E-state index >= 15 is 0 Å². The Bertz CT molecular complexity index is 1120. The fraction of sp³-hybridized carbons (Fsp3) is 0.263. The zero-order chi connectivity index (χ0) is 20.5. The molecule has 0 bridgehead atoms. The summed E-state index contributed by atoms with van der Waals surface area (Å²) in [7, 11) is 0. The SMILES string of the molecule is CC(C)(C)c1cc(NC(=O)Cn2ccc(=O)[nH]c2=O)n(-c2ccc(F)cc2)n1. The Labute approximate surface area is 159 Å². The second-order valence-electron chi connectivity index (χ2n) is 7.34. The van der Waals surface area contributed by atoms with Gasteiger partial charge in [-0.3, -0.25) is 19.1 Å². The fourth-order valence-corrected chi connectivity index (χ4v) is 2.52. The van der Waals surface area contributed by atoms with Crippen LogP contribution in [0.2, 0.25) is 0 Å². The minimum Gasteiger partial charge on any atom is -0.309 e. The van der Waals surface area contributed by atoms with Crippen LogP contribution >= 0.6 is 0 Å². The number of hydrogen-bond donors (Lipinski definition) is 2. The van der Waals surface area contributed by atoms with Gasteiger partial charge in [-0.2, -0.15) is 5.10 Å². The van der Waals surface area contributed by atoms with Crippen LogP contribution in [0.1, 0.15) is 26.5 Å². The van der Waals surface area contributed by atoms with Crippen molar-refractivity contribution in [2.45, 2.75) is 32.7 Å². The third-order valence-corrected chi connectivity index (χ3v) is 4.03. The van der Waals surface area contributed by atoms with Crippen molar-refractivity contribution in [2.75, 3.05) is 5.32 Å². The molecule has 0 unspecified atom stereocenters. The first-order chi connectivity index (χ1) is 13.1. The number of carbonyl (C=O) groups is 1. The monoisotopic (exact) mass is 385 g/mol. The smallest absolute Gasteiger partial charge is 0.309 e. The van der Waals surface area contributed by atoms with Crippen molar-refractivity contribution in [3.8, 4) is 5.69 Å². The van der Waals surface area contributed by atoms with Gasteiger partial charge in [0.2, 0.25) is 5.91 Å². The number of rotatable bonds is 4. The van der Waals surface area contributed by atoms with Gasteiger partial charge < -0.3 is 5.32 Å². The molecule has 0 saturated carbocycles. The summed E-state index contributed by atoms with van der Waals surface area (Å²) in [5, 5.41) is 7.26. The van der Waals surface area contributed by atoms with Crippen LogP contribution in [0.5, 0.6) is 0 Å². The van der Waals surface area contributed by atoms with Crippen LogP contribution in [0.3, 0.4) is 0 Å². The highest BCUT2D eigenvalue weighted by atomic mass is 19.1. The van der Waals surface area contributed by atoms with Crippen LogP contribution < -0.4 is 16.6 Å². The first-order valence-electron chi connectivity index (χ1n) is 8.59. The largest absolute Gasteiger partial charge is 0.328 e. The molecule has 0 aliphatic heterocycles. The van der Waals surface area contributed by atoms with Crippen LogP contribution in [0.4, 0.5) is 10.2 Å². The van der Waals surface area contributed by atoms with E-state index in [1.54, 1.807) is 18.2 Å². The predicted molar refractivity (Wildman–Crippen MR) is 102 cm³/mol. The van der Waals surface area contributed by atoms with Crippen LogP contribution in [0, 0.1) is 5.82 Å². The predicted octanol–water partition coefficient (Wildman–Crippen LogP) is 1.80. The maximum atomic E-state index is 13.3. The van der Waals surface area contributed by atoms with Crippen LogP contribution in [-0.4, -0.2) is 25.2 Å². The lowest BCUT2D eigenvalue weighted by Gasteiger charge is -2.14. The molecule has 0 atom stereocenters. The van der Waals surface area contributed by atoms with E-state index in [2.05, 4.69) is 15.4 Å². The highest BCUT2D eigenvalue weighted by molar-refractivity contribution is 5.90. The third-order valence-electron chi connectivity index (χ3n) is 4.03. The highest BCUT2D eigenvalue weighted by Gasteiger charge is 2.21. The van der Waals surface area contributed by atoms with Crippen LogP contribution in [0.25, 0.3) is 5.69 Å². The summed E-state index contributed by atoms with van der Waals surface area (Å²) in [5.41, 5.74) is -0.182. The number of hydrogen-bond acceptors (Lipinski definition) is 4. The molecule has 0 radical (unpaired) electrons. The molecule has 0 fully saturated rings. The Kier molecular flexibility index (Phi) is 5.00. The first-order valence-corrected chi connectivity index (χ1v) is 8.59. The van der Waals surface area contributed by atoms with Gasteiger partial charge in [0.25, 0.3) is 5.56 Å². The fourth-order valence-electron chi connectivity index (χ4n) is 2.52. The number of amides is 1. The number of H-pyrrole nitrogens is 1. The number of anilines is 1. The molecular formula is C19H20FN5O3. The van der Waals surface area contributed by atoms with E-state index in [0.29, 0.717) is 11.5 Å². The van der Waals surface area contributed by atoms with Crippen molar-refractivity contribution >= 4 is 11.7 Å². The van der Waals surface area contributed by atoms with Crippen LogP contribution in [0.15, 0.2) is 52.2 Å². The second-order valence-corrected chi connectivity index (χ2v) is 7.34. The molecule has 1 aromatic carbocycles. The molecule has 2 N–H and O–H groups in total. The van der Waals surface area contributed by atoms with Crippen molar-refractivity contribution in [1.29, 1.82) is 0 Å². The lowest BCUT2D eigenvalue weighted by molar-refractivity contribution is -0.116. The van der Waals surface area contributed by atoms with Crippen molar-refractivity contribution in [1.82, 2.24) is 19.3 Å². The molecule has 2 aromatic heterocycles. The normalized spacial score (nSPS) is 11.4. The molecule has 3 rings (SSSR count). The summed E-state index contributed by atoms with van der Waals surface area (Å²) in [6, 6.07) is 8.61. The molecule has 9 heteroatoms. The molecule has 1 amide bonds. The van der Waals surface area contributed by atoms with Crippen molar-refractivity contribution < 1.29 is 9.18 Å². The Morgan fingerprint density at radius 2 is 1.86 bits per heavy atom. The standard InChI is InChI=1S/C19H20FN5O3/c1-19(2,3)14-10-15(25(23-14)13-6-4-12(20)5-7-13)21-17(27)11-24-9-8-16(26)22-18(24)28/h4-10H,11H2,1-3H3,(H,21,27)(H,22,26,28). The topological polar surface area (TPSA) is 102 Å². The number of aromatic amines is 1. The molecule has 146 valence electrons. The van der Waals surface area contributed by atoms with Gasteiger partial charge in [0.15, 0.2) is 0 Å². The summed E-state index contributed by atoms with van der Waals surface area (Å²) in [6.07, 6.45) is 1.25. The molecule has 0 aliphatic carbocycles. The summed E-state index contributed by atoms with van der Waals surface area (Å²) in [5.74, 6) is -0.466. The van der Waals surface area contributed by atoms with Gasteiger partial charge in [0.05, 0.1) is 11.4 Å². The second kappa shape index (κ2) is 7.26. The Hall–Kier alpha value is -3.49. The van der Waals surface area contributed by atoms with E-state index in [-0.39, 0.29) is 17.8 Å². The average molecular weight is 385 g/mol. The van der Waals surface area contributed by atoms with Crippen molar-refractivity contribution in [2.24, 2.45) is 0 Å². The van der Waals surface area contributed by atoms with Gasteiger partial charge in [-0.15, -0.1) is 0 Å². The Morgan fingerprint density at radius 1 is 1.18 bits per heavy atom. The van der Waals surface area contributed by atoms with Crippen LogP contribution in [-0.2, 0) is 16.8 Å². The zero-order valence-corrected chi connectivity index (χ0v) is 15.7. The van der Waals surface area contributed by atoms with Gasteiger partial charge in [0.1, 0.15) is 18.2 Å². The summed E-state index contributed by atoms with van der Waals surface area (Å²) in [4.78, 5) is 37.4. The first kappa shape index (κ1) is 19.3. The lowest BCUT2D eigenvalue weighted by Crippen LogP contribution is -2.32. The van der Waals surface area contributed by atoms with Crippen molar-refractivity contribution in [3.63, 3.8) is 0 Å². The number of halogens is 1. The maximum Gasteiger partial charge on any atom is 0.328 e. The van der Waals surface area contributed by atoms with E-state index in [1.807, 2.05) is 20.8 Å². The molecule has 0 spiro atoms. The van der Waals surface area contributed by atoms with E-state index < -0.39 is 17.2 Å². The van der Waals surface area contributed by atoms with E-state index in [9.17, 15) is 18.8 Å². The summed E-state index contributed by atoms with van der Waals surface area (Å²) >= 11 is 0. The number of benzene rings is 1. The molecule has 0 aliphatic rings. The molecule has 3 aromatic rings. The number of nitrogens with one attached hydrogen (secondary N) is 2. The molecule has 2 heterocycles. The Morgan fingerprint density at radius 3 is 2.46 bits per heavy atom. The van der Waals surface area contributed by atoms with Gasteiger partial charge in [0, 0.05) is 23.7 Å². The molecule has 8 nitrogen and oxygen atoms in total. The third kappa shape index (κ3) is 4.25. The summed E-state index contributed by atoms with van der Waals surface area (Å²) < 4.78 is 15.8. The van der Waals surface area contributed by atoms with E-state index in [0.717, 1.165) is 16.3 Å². The van der Waals surface area contributed by atoms with E-state index in [1.165, 1.54) is 23.0 Å². The number of carbonyl (C=O) groups excluding carboxylic acids is 1. The minimum atomic E-state index is -0.676. The van der Waals surface area contributed by atoms with Gasteiger partial charge in [-0.25, -0.2) is 13.9 Å². The summed E-state index contributed by atoms with van der Waals surface area (Å²) in [6.45, 7) is 5.66. The minimum absolute atomic E-state index is 0.277. The highest BCUT2D eigenvalue weighted by Crippen LogP contribution is 2.26. The Balaban J connectivity index is 1.92. The number of aromatic nitrogens is 4. The molecular weight excluding hydrogens is 365 g/mol. The zero-order valence-electron chi connectivity index (χ0n) is 15.7. The van der Waals surface area contributed by atoms with E-state index in [4.69, 9.17) is 0 Å². The quantitative estimate of drug-likeness (QED) is 0.715. The average Bonchev–Trinajstić information content (AvgIpc) is 3.02. The van der Waals surface area contributed by atoms with Gasteiger partial charge in [-0.1, -0.05) is 20.8 Å². The molecule has 28 heavy (non-hydrogen) atoms. The van der Waals surface area contributed by atoms with Crippen molar-refractivity contribution in [3.05, 3.63) is 74.9 Å². The van der Waals surface area contributed by atoms with Gasteiger partial charge in [-0.05, 0) is 24.3 Å².